The van der Waals surface area contributed by atoms with E-state index >= 15 is 0 Å². The molecule has 7 heteroatoms. The highest BCUT2D eigenvalue weighted by Gasteiger charge is 2.30. The fourth-order valence-corrected chi connectivity index (χ4v) is 4.29. The fraction of sp³-hybridized carbons (Fsp3) is 0.350. The van der Waals surface area contributed by atoms with Crippen LogP contribution in [0.5, 0.6) is 0 Å². The molecule has 2 aromatic rings. The number of nitrogens with one attached hydrogen (secondary N) is 1. The second kappa shape index (κ2) is 7.32. The molecule has 0 aliphatic carbocycles. The summed E-state index contributed by atoms with van der Waals surface area (Å²) in [5.74, 6) is -0.0345. The van der Waals surface area contributed by atoms with Crippen molar-refractivity contribution in [2.75, 3.05) is 30.9 Å². The van der Waals surface area contributed by atoms with Crippen molar-refractivity contribution in [1.29, 1.82) is 0 Å². The number of fused-ring (bicyclic) bond motifs is 1. The number of hydrogen-bond acceptors (Lipinski definition) is 4. The Morgan fingerprint density at radius 3 is 2.63 bits per heavy atom. The number of carbonyl (C=O) groups excluding carboxylic acids is 1. The molecule has 1 amide bonds. The number of carbonyl (C=O) groups is 1. The zero-order valence-electron chi connectivity index (χ0n) is 16.1. The maximum absolute atomic E-state index is 12.8. The summed E-state index contributed by atoms with van der Waals surface area (Å²) in [6, 6.07) is 13.0. The van der Waals surface area contributed by atoms with Crippen molar-refractivity contribution in [2.24, 2.45) is 0 Å². The molecule has 144 valence electrons. The zero-order valence-corrected chi connectivity index (χ0v) is 16.9. The average Bonchev–Trinajstić information content (AvgIpc) is 2.96. The van der Waals surface area contributed by atoms with E-state index in [9.17, 15) is 13.2 Å². The zero-order chi connectivity index (χ0) is 19.8. The molecule has 0 radical (unpaired) electrons. The van der Waals surface area contributed by atoms with Crippen molar-refractivity contribution in [3.05, 3.63) is 53.6 Å². The summed E-state index contributed by atoms with van der Waals surface area (Å²) >= 11 is 0. The molecule has 0 saturated carbocycles. The van der Waals surface area contributed by atoms with Crippen LogP contribution in [0.4, 0.5) is 11.4 Å². The second-order valence-corrected chi connectivity index (χ2v) is 9.22. The first-order valence-corrected chi connectivity index (χ1v) is 10.3. The lowest BCUT2D eigenvalue weighted by molar-refractivity contribution is -0.117. The summed E-state index contributed by atoms with van der Waals surface area (Å²) in [6.45, 7) is 4.02. The van der Waals surface area contributed by atoms with E-state index in [1.807, 2.05) is 43.0 Å². The number of sulfonamides is 1. The van der Waals surface area contributed by atoms with Crippen LogP contribution < -0.4 is 10.2 Å². The average molecular weight is 388 g/mol. The minimum absolute atomic E-state index is 0.0345. The predicted molar refractivity (Wildman–Crippen MR) is 108 cm³/mol. The van der Waals surface area contributed by atoms with E-state index in [-0.39, 0.29) is 23.4 Å². The van der Waals surface area contributed by atoms with Crippen molar-refractivity contribution in [3.8, 4) is 0 Å². The Labute approximate surface area is 160 Å². The maximum atomic E-state index is 12.8. The first-order valence-electron chi connectivity index (χ1n) is 8.89. The third-order valence-electron chi connectivity index (χ3n) is 4.89. The summed E-state index contributed by atoms with van der Waals surface area (Å²) in [5, 5.41) is 3.12. The number of para-hydroxylation sites is 1. The lowest BCUT2D eigenvalue weighted by Gasteiger charge is -2.23. The van der Waals surface area contributed by atoms with Gasteiger partial charge in [0.25, 0.3) is 0 Å². The SMILES string of the molecule is Cc1ccc(S(=O)(=O)N(C)C)cc1NCC(=O)N1c2ccccc2C[C@H]1C. The Balaban J connectivity index is 1.78. The number of nitrogens with zero attached hydrogens (tertiary/aromatic N) is 2. The molecule has 1 aliphatic heterocycles. The lowest BCUT2D eigenvalue weighted by Crippen LogP contribution is -2.39. The lowest BCUT2D eigenvalue weighted by atomic mass is 10.1. The van der Waals surface area contributed by atoms with Gasteiger partial charge in [0.05, 0.1) is 11.4 Å². The van der Waals surface area contributed by atoms with E-state index in [0.29, 0.717) is 5.69 Å². The van der Waals surface area contributed by atoms with Gasteiger partial charge in [0.1, 0.15) is 0 Å². The van der Waals surface area contributed by atoms with Gasteiger partial charge in [-0.25, -0.2) is 12.7 Å². The van der Waals surface area contributed by atoms with Crippen LogP contribution in [0.3, 0.4) is 0 Å². The van der Waals surface area contributed by atoms with Crippen molar-refractivity contribution in [2.45, 2.75) is 31.2 Å². The predicted octanol–water partition coefficient (Wildman–Crippen LogP) is 2.64. The molecule has 1 heterocycles. The minimum atomic E-state index is -3.52. The molecule has 6 nitrogen and oxygen atoms in total. The van der Waals surface area contributed by atoms with Gasteiger partial charge in [0.15, 0.2) is 0 Å². The van der Waals surface area contributed by atoms with Crippen molar-refractivity contribution in [1.82, 2.24) is 4.31 Å². The Morgan fingerprint density at radius 2 is 1.93 bits per heavy atom. The van der Waals surface area contributed by atoms with Crippen LogP contribution in [0.2, 0.25) is 0 Å². The summed E-state index contributed by atoms with van der Waals surface area (Å²) < 4.78 is 25.9. The van der Waals surface area contributed by atoms with Crippen LogP contribution in [0, 0.1) is 6.92 Å². The Morgan fingerprint density at radius 1 is 1.22 bits per heavy atom. The van der Waals surface area contributed by atoms with E-state index in [0.717, 1.165) is 17.7 Å². The molecule has 0 aromatic heterocycles. The summed E-state index contributed by atoms with van der Waals surface area (Å²) in [5.41, 5.74) is 3.66. The molecule has 1 atom stereocenters. The molecule has 0 saturated heterocycles. The van der Waals surface area contributed by atoms with E-state index in [2.05, 4.69) is 5.32 Å². The van der Waals surface area contributed by atoms with E-state index < -0.39 is 10.0 Å². The molecule has 2 aromatic carbocycles. The van der Waals surface area contributed by atoms with Crippen LogP contribution in [0.25, 0.3) is 0 Å². The summed E-state index contributed by atoms with van der Waals surface area (Å²) in [4.78, 5) is 14.8. The van der Waals surface area contributed by atoms with Crippen LogP contribution in [0.15, 0.2) is 47.4 Å². The molecule has 3 rings (SSSR count). The van der Waals surface area contributed by atoms with Gasteiger partial charge in [-0.05, 0) is 49.6 Å². The number of aryl methyl sites for hydroxylation is 1. The van der Waals surface area contributed by atoms with Gasteiger partial charge in [-0.2, -0.15) is 0 Å². The third kappa shape index (κ3) is 3.70. The molecule has 0 unspecified atom stereocenters. The topological polar surface area (TPSA) is 69.7 Å². The van der Waals surface area contributed by atoms with E-state index in [1.165, 1.54) is 24.0 Å². The summed E-state index contributed by atoms with van der Waals surface area (Å²) in [7, 11) is -0.525. The van der Waals surface area contributed by atoms with Gasteiger partial charge in [-0.1, -0.05) is 24.3 Å². The van der Waals surface area contributed by atoms with Crippen LogP contribution >= 0.6 is 0 Å². The van der Waals surface area contributed by atoms with Gasteiger partial charge < -0.3 is 10.2 Å². The molecule has 0 bridgehead atoms. The standard InChI is InChI=1S/C20H25N3O3S/c1-14-9-10-17(27(25,26)22(3)4)12-18(14)21-13-20(24)23-15(2)11-16-7-5-6-8-19(16)23/h5-10,12,15,21H,11,13H2,1-4H3/t15-/m1/s1. The molecule has 1 N–H and O–H groups in total. The van der Waals surface area contributed by atoms with Crippen molar-refractivity contribution >= 4 is 27.3 Å². The number of hydrogen-bond donors (Lipinski definition) is 1. The highest BCUT2D eigenvalue weighted by Crippen LogP contribution is 2.32. The van der Waals surface area contributed by atoms with Crippen molar-refractivity contribution in [3.63, 3.8) is 0 Å². The molecular formula is C20H25N3O3S. The van der Waals surface area contributed by atoms with Crippen LogP contribution in [-0.2, 0) is 21.2 Å². The van der Waals surface area contributed by atoms with Crippen molar-refractivity contribution < 1.29 is 13.2 Å². The number of rotatable bonds is 5. The first kappa shape index (κ1) is 19.4. The van der Waals surface area contributed by atoms with Gasteiger partial charge in [0, 0.05) is 31.5 Å². The van der Waals surface area contributed by atoms with Gasteiger partial charge in [-0.3, -0.25) is 4.79 Å². The first-order chi connectivity index (χ1) is 12.7. The quantitative estimate of drug-likeness (QED) is 0.856. The van der Waals surface area contributed by atoms with Gasteiger partial charge in [0.2, 0.25) is 15.9 Å². The highest BCUT2D eigenvalue weighted by molar-refractivity contribution is 7.89. The van der Waals surface area contributed by atoms with Crippen LogP contribution in [0.1, 0.15) is 18.1 Å². The Hall–Kier alpha value is -2.38. The monoisotopic (exact) mass is 387 g/mol. The Bertz CT molecular complexity index is 970. The minimum Gasteiger partial charge on any atom is -0.376 e. The second-order valence-electron chi connectivity index (χ2n) is 7.06. The van der Waals surface area contributed by atoms with Gasteiger partial charge in [-0.15, -0.1) is 0 Å². The summed E-state index contributed by atoms with van der Waals surface area (Å²) in [6.07, 6.45) is 0.845. The van der Waals surface area contributed by atoms with Gasteiger partial charge >= 0.3 is 0 Å². The van der Waals surface area contributed by atoms with Crippen LogP contribution in [-0.4, -0.2) is 45.3 Å². The number of benzene rings is 2. The third-order valence-corrected chi connectivity index (χ3v) is 6.70. The largest absolute Gasteiger partial charge is 0.376 e. The normalized spacial score (nSPS) is 16.5. The Kier molecular flexibility index (Phi) is 5.26. The van der Waals surface area contributed by atoms with E-state index in [1.54, 1.807) is 18.2 Å². The highest BCUT2D eigenvalue weighted by atomic mass is 32.2. The smallest absolute Gasteiger partial charge is 0.246 e. The number of amides is 1. The molecular weight excluding hydrogens is 362 g/mol. The molecule has 0 fully saturated rings. The maximum Gasteiger partial charge on any atom is 0.246 e. The fourth-order valence-electron chi connectivity index (χ4n) is 3.36. The molecule has 1 aliphatic rings. The molecule has 27 heavy (non-hydrogen) atoms. The van der Waals surface area contributed by atoms with E-state index in [4.69, 9.17) is 0 Å². The molecule has 0 spiro atoms. The number of anilines is 2.